The van der Waals surface area contributed by atoms with Crippen LogP contribution in [0.25, 0.3) is 23.1 Å². The largest absolute Gasteiger partial charge is 0.478 e. The number of furan rings is 1. The van der Waals surface area contributed by atoms with E-state index >= 15 is 0 Å². The number of benzene rings is 3. The van der Waals surface area contributed by atoms with E-state index in [9.17, 15) is 14.7 Å². The van der Waals surface area contributed by atoms with Crippen LogP contribution in [0.4, 0.5) is 5.69 Å². The molecule has 1 aliphatic heterocycles. The number of aryl methyl sites for hydroxylation is 1. The maximum absolute atomic E-state index is 13.5. The highest BCUT2D eigenvalue weighted by molar-refractivity contribution is 6.23. The fraction of sp³-hybridized carbons (Fsp3) is 0.0345. The van der Waals surface area contributed by atoms with Crippen molar-refractivity contribution in [1.82, 2.24) is 0 Å². The molecule has 4 aromatic rings. The molecule has 0 bridgehead atoms. The van der Waals surface area contributed by atoms with Crippen molar-refractivity contribution in [2.45, 2.75) is 6.92 Å². The van der Waals surface area contributed by atoms with Crippen LogP contribution in [0.15, 0.2) is 107 Å². The Morgan fingerprint density at radius 2 is 1.56 bits per heavy atom. The molecule has 0 fully saturated rings. The van der Waals surface area contributed by atoms with E-state index in [2.05, 4.69) is 0 Å². The molecule has 1 N–H and O–H groups in total. The summed E-state index contributed by atoms with van der Waals surface area (Å²) in [6.07, 6.45) is 3.56. The third-order valence-corrected chi connectivity index (χ3v) is 5.69. The summed E-state index contributed by atoms with van der Waals surface area (Å²) in [5, 5.41) is 9.22. The first-order chi connectivity index (χ1) is 16.5. The smallest absolute Gasteiger partial charge is 0.335 e. The van der Waals surface area contributed by atoms with Crippen LogP contribution in [0.3, 0.4) is 0 Å². The predicted molar refractivity (Wildman–Crippen MR) is 132 cm³/mol. The predicted octanol–water partition coefficient (Wildman–Crippen LogP) is 6.42. The number of nitrogens with zero attached hydrogens (tertiary/aromatic N) is 1. The zero-order valence-electron chi connectivity index (χ0n) is 18.4. The van der Waals surface area contributed by atoms with Gasteiger partial charge in [-0.25, -0.2) is 4.79 Å². The van der Waals surface area contributed by atoms with E-state index in [1.54, 1.807) is 23.1 Å². The summed E-state index contributed by atoms with van der Waals surface area (Å²) in [6.45, 7) is 2.03. The molecule has 5 heteroatoms. The number of aromatic carboxylic acids is 1. The van der Waals surface area contributed by atoms with Crippen molar-refractivity contribution >= 4 is 29.3 Å². The summed E-state index contributed by atoms with van der Waals surface area (Å²) in [6, 6.07) is 27.7. The van der Waals surface area contributed by atoms with E-state index in [1.807, 2.05) is 79.7 Å². The van der Waals surface area contributed by atoms with Gasteiger partial charge in [0.15, 0.2) is 0 Å². The van der Waals surface area contributed by atoms with Gasteiger partial charge in [-0.05, 0) is 61.0 Å². The van der Waals surface area contributed by atoms with Crippen molar-refractivity contribution in [2.75, 3.05) is 4.90 Å². The number of carboxylic acids is 1. The minimum absolute atomic E-state index is 0.163. The molecular weight excluding hydrogens is 426 g/mol. The molecule has 3 aromatic carbocycles. The Kier molecular flexibility index (Phi) is 5.44. The zero-order valence-corrected chi connectivity index (χ0v) is 18.4. The second-order valence-electron chi connectivity index (χ2n) is 8.06. The lowest BCUT2D eigenvalue weighted by Crippen LogP contribution is -2.25. The number of carboxylic acid groups (broad SMARTS) is 1. The van der Waals surface area contributed by atoms with Crippen molar-refractivity contribution in [3.8, 4) is 11.3 Å². The standard InChI is InChI=1S/C29H21NO4/c1-19-7-9-21(10-8-19)27-16-15-25(34-27)17-23-18-26(20-5-3-2-4-6-20)30(28(23)31)24-13-11-22(12-14-24)29(32)33/h2-18H,1H3,(H,32,33)/b23-17-. The Hall–Kier alpha value is -4.64. The summed E-state index contributed by atoms with van der Waals surface area (Å²) in [4.78, 5) is 26.3. The van der Waals surface area contributed by atoms with Crippen molar-refractivity contribution in [2.24, 2.45) is 0 Å². The average molecular weight is 447 g/mol. The van der Waals surface area contributed by atoms with Gasteiger partial charge in [-0.1, -0.05) is 60.2 Å². The second kappa shape index (κ2) is 8.71. The number of carbonyl (C=O) groups is 2. The lowest BCUT2D eigenvalue weighted by Gasteiger charge is -2.21. The molecule has 0 radical (unpaired) electrons. The van der Waals surface area contributed by atoms with Crippen molar-refractivity contribution in [1.29, 1.82) is 0 Å². The quantitative estimate of drug-likeness (QED) is 0.358. The molecule has 1 aromatic heterocycles. The molecule has 166 valence electrons. The van der Waals surface area contributed by atoms with E-state index < -0.39 is 5.97 Å². The average Bonchev–Trinajstić information content (AvgIpc) is 3.45. The maximum Gasteiger partial charge on any atom is 0.335 e. The second-order valence-corrected chi connectivity index (χ2v) is 8.06. The number of amides is 1. The summed E-state index contributed by atoms with van der Waals surface area (Å²) in [5.74, 6) is 0.0764. The van der Waals surface area contributed by atoms with Crippen LogP contribution < -0.4 is 4.90 Å². The first-order valence-corrected chi connectivity index (χ1v) is 10.8. The van der Waals surface area contributed by atoms with Gasteiger partial charge in [-0.3, -0.25) is 9.69 Å². The number of anilines is 1. The molecule has 1 amide bonds. The molecule has 0 atom stereocenters. The number of hydrogen-bond acceptors (Lipinski definition) is 3. The van der Waals surface area contributed by atoms with Crippen LogP contribution in [0.5, 0.6) is 0 Å². The number of rotatable bonds is 5. The van der Waals surface area contributed by atoms with Gasteiger partial charge in [-0.2, -0.15) is 0 Å². The van der Waals surface area contributed by atoms with Gasteiger partial charge in [-0.15, -0.1) is 0 Å². The van der Waals surface area contributed by atoms with Gasteiger partial charge in [0, 0.05) is 16.8 Å². The van der Waals surface area contributed by atoms with Gasteiger partial charge in [0.2, 0.25) is 0 Å². The Balaban J connectivity index is 1.52. The van der Waals surface area contributed by atoms with Crippen LogP contribution >= 0.6 is 0 Å². The summed E-state index contributed by atoms with van der Waals surface area (Å²) in [5.41, 5.74) is 4.96. The van der Waals surface area contributed by atoms with E-state index in [4.69, 9.17) is 4.42 Å². The topological polar surface area (TPSA) is 70.8 Å². The summed E-state index contributed by atoms with van der Waals surface area (Å²) < 4.78 is 6.00. The number of carbonyl (C=O) groups excluding carboxylic acids is 1. The first kappa shape index (κ1) is 21.2. The normalized spacial score (nSPS) is 14.5. The van der Waals surface area contributed by atoms with E-state index in [1.165, 1.54) is 17.7 Å². The lowest BCUT2D eigenvalue weighted by atomic mass is 10.1. The Morgan fingerprint density at radius 3 is 2.24 bits per heavy atom. The molecule has 0 unspecified atom stereocenters. The van der Waals surface area contributed by atoms with Gasteiger partial charge in [0.05, 0.1) is 11.3 Å². The van der Waals surface area contributed by atoms with E-state index in [0.717, 1.165) is 16.9 Å². The molecule has 0 spiro atoms. The van der Waals surface area contributed by atoms with Crippen LogP contribution in [0.2, 0.25) is 0 Å². The molecule has 2 heterocycles. The molecule has 5 rings (SSSR count). The SMILES string of the molecule is Cc1ccc(-c2ccc(/C=C3/C=C(c4ccccc4)N(c4ccc(C(=O)O)cc4)C3=O)o2)cc1. The van der Waals surface area contributed by atoms with Gasteiger partial charge >= 0.3 is 5.97 Å². The minimum atomic E-state index is -1.01. The molecular formula is C29H21NO4. The molecule has 5 nitrogen and oxygen atoms in total. The minimum Gasteiger partial charge on any atom is -0.478 e. The van der Waals surface area contributed by atoms with E-state index in [0.29, 0.717) is 22.7 Å². The zero-order chi connectivity index (χ0) is 23.7. The first-order valence-electron chi connectivity index (χ1n) is 10.8. The Morgan fingerprint density at radius 1 is 0.853 bits per heavy atom. The summed E-state index contributed by atoms with van der Waals surface area (Å²) in [7, 11) is 0. The molecule has 0 saturated heterocycles. The fourth-order valence-corrected chi connectivity index (χ4v) is 3.90. The third-order valence-electron chi connectivity index (χ3n) is 5.69. The van der Waals surface area contributed by atoms with Gasteiger partial charge in [0.1, 0.15) is 11.5 Å². The Labute approximate surface area is 196 Å². The molecule has 0 aliphatic carbocycles. The van der Waals surface area contributed by atoms with Crippen LogP contribution in [0, 0.1) is 6.92 Å². The highest BCUT2D eigenvalue weighted by Crippen LogP contribution is 2.35. The highest BCUT2D eigenvalue weighted by atomic mass is 16.4. The Bertz CT molecular complexity index is 1430. The van der Waals surface area contributed by atoms with Gasteiger partial charge in [0.25, 0.3) is 5.91 Å². The van der Waals surface area contributed by atoms with Crippen LogP contribution in [-0.4, -0.2) is 17.0 Å². The third kappa shape index (κ3) is 4.07. The lowest BCUT2D eigenvalue weighted by molar-refractivity contribution is -0.113. The van der Waals surface area contributed by atoms with Crippen LogP contribution in [0.1, 0.15) is 27.2 Å². The number of hydrogen-bond donors (Lipinski definition) is 1. The summed E-state index contributed by atoms with van der Waals surface area (Å²) >= 11 is 0. The maximum atomic E-state index is 13.5. The van der Waals surface area contributed by atoms with Crippen molar-refractivity contribution < 1.29 is 19.1 Å². The molecule has 0 saturated carbocycles. The van der Waals surface area contributed by atoms with Crippen LogP contribution in [-0.2, 0) is 4.79 Å². The van der Waals surface area contributed by atoms with Gasteiger partial charge < -0.3 is 9.52 Å². The van der Waals surface area contributed by atoms with Crippen molar-refractivity contribution in [3.63, 3.8) is 0 Å². The fourth-order valence-electron chi connectivity index (χ4n) is 3.90. The highest BCUT2D eigenvalue weighted by Gasteiger charge is 2.30. The monoisotopic (exact) mass is 447 g/mol. The van der Waals surface area contributed by atoms with Crippen molar-refractivity contribution in [3.05, 3.63) is 125 Å². The van der Waals surface area contributed by atoms with E-state index in [-0.39, 0.29) is 11.5 Å². The molecule has 1 aliphatic rings. The molecule has 34 heavy (non-hydrogen) atoms.